The highest BCUT2D eigenvalue weighted by Crippen LogP contribution is 2.27. The number of aliphatic hydroxyl groups excluding tert-OH is 1. The van der Waals surface area contributed by atoms with E-state index in [0.717, 1.165) is 31.2 Å². The van der Waals surface area contributed by atoms with Gasteiger partial charge in [-0.3, -0.25) is 4.79 Å². The molecule has 1 atom stereocenters. The molecule has 2 N–H and O–H groups in total. The molecule has 1 amide bonds. The Morgan fingerprint density at radius 3 is 2.80 bits per heavy atom. The Morgan fingerprint density at radius 2 is 2.12 bits per heavy atom. The fraction of sp³-hybridized carbons (Fsp3) is 0.500. The van der Waals surface area contributed by atoms with Gasteiger partial charge in [0.1, 0.15) is 25.0 Å². The van der Waals surface area contributed by atoms with Crippen LogP contribution in [-0.4, -0.2) is 44.5 Å². The number of aliphatic hydroxyl groups is 1. The molecule has 7 nitrogen and oxygen atoms in total. The van der Waals surface area contributed by atoms with Gasteiger partial charge in [-0.2, -0.15) is 5.10 Å². The number of benzene rings is 1. The summed E-state index contributed by atoms with van der Waals surface area (Å²) >= 11 is 0. The molecule has 1 unspecified atom stereocenters. The van der Waals surface area contributed by atoms with Gasteiger partial charge >= 0.3 is 0 Å². The quantitative estimate of drug-likeness (QED) is 0.831. The number of carbonyl (C=O) groups is 1. The van der Waals surface area contributed by atoms with Gasteiger partial charge < -0.3 is 15.2 Å². The topological polar surface area (TPSA) is 89.3 Å². The highest BCUT2D eigenvalue weighted by atomic mass is 16.5. The normalized spacial score (nSPS) is 21.5. The second-order valence-electron chi connectivity index (χ2n) is 6.48. The third kappa shape index (κ3) is 4.57. The van der Waals surface area contributed by atoms with Gasteiger partial charge in [0.15, 0.2) is 6.10 Å². The van der Waals surface area contributed by atoms with Crippen molar-refractivity contribution in [3.05, 3.63) is 42.5 Å². The minimum absolute atomic E-state index is 0.0506. The van der Waals surface area contributed by atoms with Crippen molar-refractivity contribution in [3.63, 3.8) is 0 Å². The summed E-state index contributed by atoms with van der Waals surface area (Å²) in [5, 5.41) is 17.1. The van der Waals surface area contributed by atoms with Crippen LogP contribution >= 0.6 is 0 Å². The van der Waals surface area contributed by atoms with Crippen LogP contribution in [-0.2, 0) is 4.79 Å². The number of nitrogens with zero attached hydrogens (tertiary/aromatic N) is 3. The molecule has 0 aliphatic heterocycles. The largest absolute Gasteiger partial charge is 0.490 e. The summed E-state index contributed by atoms with van der Waals surface area (Å²) in [4.78, 5) is 16.1. The first-order chi connectivity index (χ1) is 12.1. The summed E-state index contributed by atoms with van der Waals surface area (Å²) < 4.78 is 7.42. The molecule has 0 spiro atoms. The van der Waals surface area contributed by atoms with Crippen molar-refractivity contribution in [2.24, 2.45) is 0 Å². The molecular weight excluding hydrogens is 320 g/mol. The van der Waals surface area contributed by atoms with E-state index in [4.69, 9.17) is 4.74 Å². The van der Waals surface area contributed by atoms with Crippen LogP contribution < -0.4 is 10.1 Å². The predicted molar refractivity (Wildman–Crippen MR) is 92.1 cm³/mol. The van der Waals surface area contributed by atoms with E-state index >= 15 is 0 Å². The van der Waals surface area contributed by atoms with E-state index in [-0.39, 0.29) is 18.6 Å². The molecule has 134 valence electrons. The average Bonchev–Trinajstić information content (AvgIpc) is 3.16. The van der Waals surface area contributed by atoms with Gasteiger partial charge in [-0.25, -0.2) is 9.67 Å². The van der Waals surface area contributed by atoms with Crippen molar-refractivity contribution >= 4 is 5.91 Å². The zero-order valence-electron chi connectivity index (χ0n) is 14.3. The van der Waals surface area contributed by atoms with Crippen LogP contribution in [0, 0.1) is 6.92 Å². The van der Waals surface area contributed by atoms with Crippen molar-refractivity contribution in [2.45, 2.75) is 50.8 Å². The molecule has 1 fully saturated rings. The molecule has 1 saturated carbocycles. The monoisotopic (exact) mass is 344 g/mol. The van der Waals surface area contributed by atoms with Crippen LogP contribution in [0.5, 0.6) is 5.75 Å². The van der Waals surface area contributed by atoms with E-state index in [9.17, 15) is 9.90 Å². The Balaban J connectivity index is 1.42. The van der Waals surface area contributed by atoms with Gasteiger partial charge in [0.2, 0.25) is 0 Å². The highest BCUT2D eigenvalue weighted by Gasteiger charge is 2.26. The third-order valence-corrected chi connectivity index (χ3v) is 4.65. The summed E-state index contributed by atoms with van der Waals surface area (Å²) in [5.41, 5.74) is 0.974. The lowest BCUT2D eigenvalue weighted by Gasteiger charge is -2.29. The fourth-order valence-corrected chi connectivity index (χ4v) is 3.15. The van der Waals surface area contributed by atoms with Gasteiger partial charge in [0.25, 0.3) is 5.91 Å². The molecule has 0 radical (unpaired) electrons. The van der Waals surface area contributed by atoms with Crippen molar-refractivity contribution in [2.75, 3.05) is 6.61 Å². The van der Waals surface area contributed by atoms with Crippen LogP contribution in [0.25, 0.3) is 0 Å². The molecule has 1 aliphatic carbocycles. The van der Waals surface area contributed by atoms with Crippen molar-refractivity contribution in [3.8, 4) is 5.75 Å². The van der Waals surface area contributed by atoms with Crippen LogP contribution in [0.4, 0.5) is 0 Å². The van der Waals surface area contributed by atoms with E-state index in [1.54, 1.807) is 12.7 Å². The molecule has 3 rings (SSSR count). The van der Waals surface area contributed by atoms with E-state index in [2.05, 4.69) is 15.4 Å². The first-order valence-electron chi connectivity index (χ1n) is 8.64. The highest BCUT2D eigenvalue weighted by molar-refractivity contribution is 5.80. The molecule has 25 heavy (non-hydrogen) atoms. The van der Waals surface area contributed by atoms with E-state index in [1.165, 1.54) is 0 Å². The molecule has 1 heterocycles. The number of ether oxygens (including phenoxy) is 1. The second kappa shape index (κ2) is 8.11. The second-order valence-corrected chi connectivity index (χ2v) is 6.48. The first kappa shape index (κ1) is 17.4. The Kier molecular flexibility index (Phi) is 5.65. The van der Waals surface area contributed by atoms with Crippen LogP contribution in [0.3, 0.4) is 0 Å². The number of nitrogens with one attached hydrogen (secondary N) is 1. The van der Waals surface area contributed by atoms with E-state index < -0.39 is 6.10 Å². The number of amides is 1. The molecule has 7 heteroatoms. The predicted octanol–water partition coefficient (Wildman–Crippen LogP) is 1.63. The summed E-state index contributed by atoms with van der Waals surface area (Å²) in [6.07, 6.45) is 5.69. The lowest BCUT2D eigenvalue weighted by atomic mass is 9.91. The first-order valence-corrected chi connectivity index (χ1v) is 8.64. The number of rotatable bonds is 6. The van der Waals surface area contributed by atoms with E-state index in [1.807, 2.05) is 35.9 Å². The van der Waals surface area contributed by atoms with Crippen LogP contribution in [0.2, 0.25) is 0 Å². The van der Waals surface area contributed by atoms with Gasteiger partial charge in [-0.15, -0.1) is 0 Å². The average molecular weight is 344 g/mol. The lowest BCUT2D eigenvalue weighted by molar-refractivity contribution is -0.131. The molecular formula is C18H24N4O3. The molecule has 1 aromatic heterocycles. The number of aryl methyl sites for hydroxylation is 1. The summed E-state index contributed by atoms with van der Waals surface area (Å²) in [5.74, 6) is 0.306. The molecule has 1 aromatic carbocycles. The van der Waals surface area contributed by atoms with Gasteiger partial charge in [0, 0.05) is 6.04 Å². The third-order valence-electron chi connectivity index (χ3n) is 4.65. The molecule has 2 aromatic rings. The molecule has 1 aliphatic rings. The van der Waals surface area contributed by atoms with Crippen molar-refractivity contribution in [1.82, 2.24) is 20.1 Å². The summed E-state index contributed by atoms with van der Waals surface area (Å²) in [6, 6.07) is 7.95. The Labute approximate surface area is 147 Å². The van der Waals surface area contributed by atoms with Crippen molar-refractivity contribution in [1.29, 1.82) is 0 Å². The minimum Gasteiger partial charge on any atom is -0.490 e. The Bertz CT molecular complexity index is 681. The van der Waals surface area contributed by atoms with Crippen LogP contribution in [0.1, 0.15) is 37.3 Å². The smallest absolute Gasteiger partial charge is 0.252 e. The van der Waals surface area contributed by atoms with Gasteiger partial charge in [-0.05, 0) is 44.2 Å². The number of aromatic nitrogens is 3. The minimum atomic E-state index is -1.17. The Morgan fingerprint density at radius 1 is 1.36 bits per heavy atom. The number of carbonyl (C=O) groups excluding carboxylic acids is 1. The Hall–Kier alpha value is -2.41. The standard InChI is InChI=1S/C18H24N4O3/c1-13-4-2-3-5-17(13)25-10-16(23)18(24)21-14-6-8-15(9-7-14)22-12-19-11-20-22/h2-5,11-12,14-16,23H,6-10H2,1H3,(H,21,24). The van der Waals surface area contributed by atoms with Gasteiger partial charge in [-0.1, -0.05) is 18.2 Å². The number of para-hydroxylation sites is 1. The number of hydrogen-bond acceptors (Lipinski definition) is 5. The lowest BCUT2D eigenvalue weighted by Crippen LogP contribution is -2.45. The summed E-state index contributed by atoms with van der Waals surface area (Å²) in [7, 11) is 0. The summed E-state index contributed by atoms with van der Waals surface area (Å²) in [6.45, 7) is 1.88. The maximum absolute atomic E-state index is 12.2. The molecule has 0 saturated heterocycles. The van der Waals surface area contributed by atoms with Crippen LogP contribution in [0.15, 0.2) is 36.9 Å². The fourth-order valence-electron chi connectivity index (χ4n) is 3.15. The van der Waals surface area contributed by atoms with Crippen molar-refractivity contribution < 1.29 is 14.6 Å². The zero-order valence-corrected chi connectivity index (χ0v) is 14.3. The number of hydrogen-bond donors (Lipinski definition) is 2. The van der Waals surface area contributed by atoms with E-state index in [0.29, 0.717) is 11.8 Å². The SMILES string of the molecule is Cc1ccccc1OCC(O)C(=O)NC1CCC(n2cncn2)CC1. The maximum Gasteiger partial charge on any atom is 0.252 e. The zero-order chi connectivity index (χ0) is 17.6. The maximum atomic E-state index is 12.2. The molecule has 0 bridgehead atoms. The van der Waals surface area contributed by atoms with Gasteiger partial charge in [0.05, 0.1) is 6.04 Å².